The Morgan fingerprint density at radius 3 is 2.96 bits per heavy atom. The van der Waals surface area contributed by atoms with Crippen LogP contribution in [0.15, 0.2) is 30.8 Å². The van der Waals surface area contributed by atoms with Gasteiger partial charge in [-0.25, -0.2) is 9.97 Å². The minimum absolute atomic E-state index is 0.0276. The predicted molar refractivity (Wildman–Crippen MR) is 112 cm³/mol. The molecule has 0 saturated heterocycles. The van der Waals surface area contributed by atoms with E-state index in [1.165, 1.54) is 11.3 Å². The number of pyridine rings is 1. The molecule has 0 aliphatic carbocycles. The number of carbonyl (C=O) groups is 1. The van der Waals surface area contributed by atoms with Gasteiger partial charge in [-0.15, -0.1) is 16.4 Å². The van der Waals surface area contributed by atoms with Crippen molar-refractivity contribution in [3.8, 4) is 5.82 Å². The van der Waals surface area contributed by atoms with Crippen LogP contribution in [0, 0.1) is 6.92 Å². The minimum Gasteiger partial charge on any atom is -0.381 e. The van der Waals surface area contributed by atoms with E-state index in [1.54, 1.807) is 10.8 Å². The van der Waals surface area contributed by atoms with Gasteiger partial charge in [0.25, 0.3) is 5.91 Å². The van der Waals surface area contributed by atoms with Gasteiger partial charge in [-0.3, -0.25) is 4.79 Å². The van der Waals surface area contributed by atoms with Crippen LogP contribution < -0.4 is 10.6 Å². The number of hydrogen-bond donors (Lipinski definition) is 2. The molecular formula is C20H18N6OS. The molecule has 1 aliphatic rings. The van der Waals surface area contributed by atoms with Gasteiger partial charge in [0.2, 0.25) is 0 Å². The molecular weight excluding hydrogens is 372 g/mol. The van der Waals surface area contributed by atoms with Crippen molar-refractivity contribution in [1.82, 2.24) is 25.1 Å². The molecule has 7 nitrogen and oxygen atoms in total. The second kappa shape index (κ2) is 6.13. The molecule has 4 heterocycles. The number of nitrogens with zero attached hydrogens (tertiary/aromatic N) is 4. The fourth-order valence-electron chi connectivity index (χ4n) is 3.56. The molecule has 1 amide bonds. The number of aryl methyl sites for hydroxylation is 1. The summed E-state index contributed by atoms with van der Waals surface area (Å²) in [5.41, 5.74) is 1.73. The Morgan fingerprint density at radius 1 is 1.29 bits per heavy atom. The van der Waals surface area contributed by atoms with Gasteiger partial charge in [0.15, 0.2) is 11.6 Å². The van der Waals surface area contributed by atoms with Crippen LogP contribution >= 0.6 is 11.3 Å². The van der Waals surface area contributed by atoms with E-state index in [1.807, 2.05) is 38.1 Å². The number of rotatable bonds is 2. The molecule has 8 heteroatoms. The molecule has 0 saturated carbocycles. The van der Waals surface area contributed by atoms with Crippen molar-refractivity contribution in [2.75, 3.05) is 11.9 Å². The fraction of sp³-hybridized carbons (Fsp3) is 0.200. The standard InChI is InChI=1S/C20H18N6OS/c1-4-15-23-11(3)25-26(15)16-8-5-12-13(24-16)6-7-14-17(12)18-19(28-14)20(27)22-10(2)9-21-18/h4-8,10,21H,1,9H2,2-3H3,(H,22,27)/t10-/m1/s1. The van der Waals surface area contributed by atoms with Gasteiger partial charge in [0, 0.05) is 28.1 Å². The molecule has 0 fully saturated rings. The van der Waals surface area contributed by atoms with Gasteiger partial charge >= 0.3 is 0 Å². The van der Waals surface area contributed by atoms with Crippen LogP contribution in [0.25, 0.3) is 32.9 Å². The Balaban J connectivity index is 1.73. The maximum atomic E-state index is 12.5. The van der Waals surface area contributed by atoms with Crippen molar-refractivity contribution in [3.05, 3.63) is 47.4 Å². The summed E-state index contributed by atoms with van der Waals surface area (Å²) in [4.78, 5) is 22.4. The van der Waals surface area contributed by atoms with Crippen LogP contribution in [-0.2, 0) is 0 Å². The minimum atomic E-state index is -0.0276. The van der Waals surface area contributed by atoms with Gasteiger partial charge in [0.05, 0.1) is 11.2 Å². The van der Waals surface area contributed by atoms with Crippen molar-refractivity contribution in [3.63, 3.8) is 0 Å². The molecule has 4 aromatic rings. The molecule has 1 aromatic carbocycles. The molecule has 2 N–H and O–H groups in total. The lowest BCUT2D eigenvalue weighted by atomic mass is 10.1. The lowest BCUT2D eigenvalue weighted by Gasteiger charge is -2.10. The summed E-state index contributed by atoms with van der Waals surface area (Å²) in [7, 11) is 0. The summed E-state index contributed by atoms with van der Waals surface area (Å²) in [6.45, 7) is 8.32. The van der Waals surface area contributed by atoms with Gasteiger partial charge in [-0.1, -0.05) is 6.58 Å². The maximum absolute atomic E-state index is 12.5. The van der Waals surface area contributed by atoms with Crippen LogP contribution in [0.3, 0.4) is 0 Å². The smallest absolute Gasteiger partial charge is 0.263 e. The zero-order chi connectivity index (χ0) is 19.4. The summed E-state index contributed by atoms with van der Waals surface area (Å²) in [5.74, 6) is 1.98. The summed E-state index contributed by atoms with van der Waals surface area (Å²) < 4.78 is 2.75. The predicted octanol–water partition coefficient (Wildman–Crippen LogP) is 3.53. The largest absolute Gasteiger partial charge is 0.381 e. The van der Waals surface area contributed by atoms with Crippen molar-refractivity contribution in [2.24, 2.45) is 0 Å². The number of benzene rings is 1. The van der Waals surface area contributed by atoms with Crippen molar-refractivity contribution in [1.29, 1.82) is 0 Å². The van der Waals surface area contributed by atoms with E-state index in [0.29, 0.717) is 24.0 Å². The first kappa shape index (κ1) is 16.9. The Bertz CT molecular complexity index is 1270. The van der Waals surface area contributed by atoms with Gasteiger partial charge in [-0.05, 0) is 44.2 Å². The molecule has 140 valence electrons. The first-order valence-electron chi connectivity index (χ1n) is 9.02. The van der Waals surface area contributed by atoms with Crippen molar-refractivity contribution in [2.45, 2.75) is 19.9 Å². The van der Waals surface area contributed by atoms with Crippen LogP contribution in [0.4, 0.5) is 5.69 Å². The normalized spacial score (nSPS) is 16.5. The highest BCUT2D eigenvalue weighted by Crippen LogP contribution is 2.40. The molecule has 28 heavy (non-hydrogen) atoms. The van der Waals surface area contributed by atoms with Crippen LogP contribution in [-0.4, -0.2) is 38.2 Å². The van der Waals surface area contributed by atoms with Crippen LogP contribution in [0.1, 0.15) is 28.2 Å². The summed E-state index contributed by atoms with van der Waals surface area (Å²) in [6, 6.07) is 8.04. The Labute approximate surface area is 165 Å². The van der Waals surface area contributed by atoms with Gasteiger partial charge < -0.3 is 10.6 Å². The molecule has 0 bridgehead atoms. The Morgan fingerprint density at radius 2 is 2.14 bits per heavy atom. The van der Waals surface area contributed by atoms with E-state index in [2.05, 4.69) is 27.3 Å². The average molecular weight is 390 g/mol. The first-order valence-corrected chi connectivity index (χ1v) is 9.84. The monoisotopic (exact) mass is 390 g/mol. The molecule has 1 aliphatic heterocycles. The van der Waals surface area contributed by atoms with E-state index >= 15 is 0 Å². The summed E-state index contributed by atoms with van der Waals surface area (Å²) in [5, 5.41) is 12.9. The summed E-state index contributed by atoms with van der Waals surface area (Å²) >= 11 is 1.50. The third kappa shape index (κ3) is 2.49. The molecule has 0 spiro atoms. The topological polar surface area (TPSA) is 84.7 Å². The van der Waals surface area contributed by atoms with Gasteiger partial charge in [-0.2, -0.15) is 4.68 Å². The zero-order valence-electron chi connectivity index (χ0n) is 15.5. The van der Waals surface area contributed by atoms with E-state index in [-0.39, 0.29) is 11.9 Å². The highest BCUT2D eigenvalue weighted by atomic mass is 32.1. The lowest BCUT2D eigenvalue weighted by Crippen LogP contribution is -2.34. The highest BCUT2D eigenvalue weighted by Gasteiger charge is 2.24. The Kier molecular flexibility index (Phi) is 3.70. The number of nitrogens with one attached hydrogen (secondary N) is 2. The molecule has 0 radical (unpaired) electrons. The number of hydrogen-bond acceptors (Lipinski definition) is 6. The third-order valence-electron chi connectivity index (χ3n) is 4.81. The highest BCUT2D eigenvalue weighted by molar-refractivity contribution is 7.21. The number of anilines is 1. The van der Waals surface area contributed by atoms with Crippen molar-refractivity contribution >= 4 is 50.0 Å². The maximum Gasteiger partial charge on any atom is 0.263 e. The zero-order valence-corrected chi connectivity index (χ0v) is 16.3. The second-order valence-corrected chi connectivity index (χ2v) is 7.92. The number of aromatic nitrogens is 4. The SMILES string of the molecule is C=Cc1nc(C)nn1-c1ccc2c(ccc3sc4c(c32)NC[C@@H](C)NC4=O)n1. The third-order valence-corrected chi connectivity index (χ3v) is 5.97. The summed E-state index contributed by atoms with van der Waals surface area (Å²) in [6.07, 6.45) is 1.66. The first-order chi connectivity index (χ1) is 13.5. The van der Waals surface area contributed by atoms with E-state index in [9.17, 15) is 4.79 Å². The molecule has 1 atom stereocenters. The van der Waals surface area contributed by atoms with Crippen LogP contribution in [0.2, 0.25) is 0 Å². The Hall–Kier alpha value is -3.26. The number of carbonyl (C=O) groups excluding carboxylic acids is 1. The quantitative estimate of drug-likeness (QED) is 0.547. The molecule has 0 unspecified atom stereocenters. The van der Waals surface area contributed by atoms with E-state index < -0.39 is 0 Å². The van der Waals surface area contributed by atoms with Crippen LogP contribution in [0.5, 0.6) is 0 Å². The van der Waals surface area contributed by atoms with E-state index in [4.69, 9.17) is 4.98 Å². The lowest BCUT2D eigenvalue weighted by molar-refractivity contribution is 0.0949. The van der Waals surface area contributed by atoms with Gasteiger partial charge in [0.1, 0.15) is 10.7 Å². The number of thiophene rings is 1. The second-order valence-electron chi connectivity index (χ2n) is 6.87. The number of fused-ring (bicyclic) bond motifs is 5. The fourth-order valence-corrected chi connectivity index (χ4v) is 4.66. The molecule has 5 rings (SSSR count). The van der Waals surface area contributed by atoms with E-state index in [0.717, 1.165) is 31.6 Å². The number of amides is 1. The average Bonchev–Trinajstić information content (AvgIpc) is 3.22. The van der Waals surface area contributed by atoms with Crippen molar-refractivity contribution < 1.29 is 4.79 Å². The molecule has 3 aromatic heterocycles.